The van der Waals surface area contributed by atoms with Crippen molar-refractivity contribution >= 4 is 21.8 Å². The van der Waals surface area contributed by atoms with Gasteiger partial charge in [0.25, 0.3) is 5.91 Å². The average molecular weight is 383 g/mol. The fourth-order valence-corrected chi connectivity index (χ4v) is 2.24. The second kappa shape index (κ2) is 8.59. The van der Waals surface area contributed by atoms with E-state index in [1.807, 2.05) is 0 Å². The van der Waals surface area contributed by atoms with Crippen molar-refractivity contribution in [3.05, 3.63) is 57.9 Å². The summed E-state index contributed by atoms with van der Waals surface area (Å²) in [5.74, 6) is -0.468. The Hall–Kier alpha value is -1.99. The maximum atomic E-state index is 13.3. The molecule has 7 heteroatoms. The van der Waals surface area contributed by atoms with Crippen LogP contribution in [0.5, 0.6) is 5.88 Å². The van der Waals surface area contributed by atoms with Crippen LogP contribution in [-0.4, -0.2) is 31.2 Å². The lowest BCUT2D eigenvalue weighted by atomic mass is 10.2. The highest BCUT2D eigenvalue weighted by Gasteiger charge is 2.14. The summed E-state index contributed by atoms with van der Waals surface area (Å²) in [5.41, 5.74) is 0.959. The highest BCUT2D eigenvalue weighted by atomic mass is 79.9. The van der Waals surface area contributed by atoms with Gasteiger partial charge in [0.1, 0.15) is 18.0 Å². The molecule has 2 rings (SSSR count). The molecule has 1 heterocycles. The minimum absolute atomic E-state index is 0.184. The van der Waals surface area contributed by atoms with Crippen LogP contribution in [0.3, 0.4) is 0 Å². The average Bonchev–Trinajstić information content (AvgIpc) is 2.56. The van der Waals surface area contributed by atoms with Crippen molar-refractivity contribution in [1.82, 2.24) is 10.3 Å². The molecule has 0 saturated carbocycles. The van der Waals surface area contributed by atoms with Gasteiger partial charge in [0.2, 0.25) is 5.88 Å². The van der Waals surface area contributed by atoms with Crippen LogP contribution < -0.4 is 10.1 Å². The van der Waals surface area contributed by atoms with Crippen LogP contribution in [-0.2, 0) is 11.3 Å². The molecule has 2 aromatic rings. The number of rotatable bonds is 7. The van der Waals surface area contributed by atoms with Crippen molar-refractivity contribution in [2.75, 3.05) is 20.3 Å². The molecule has 0 aliphatic heterocycles. The van der Waals surface area contributed by atoms with E-state index in [-0.39, 0.29) is 24.1 Å². The molecular formula is C16H16BrFN2O3. The lowest BCUT2D eigenvalue weighted by Crippen LogP contribution is -2.24. The number of carbonyl (C=O) groups is 1. The molecule has 0 radical (unpaired) electrons. The van der Waals surface area contributed by atoms with E-state index in [0.29, 0.717) is 24.3 Å². The standard InChI is InChI=1S/C16H16BrFN2O3/c1-22-7-8-23-16-13(3-2-6-19-16)15(21)20-10-11-9-12(18)4-5-14(11)17/h2-6,9H,7-8,10H2,1H3,(H,20,21). The topological polar surface area (TPSA) is 60.5 Å². The number of benzene rings is 1. The highest BCUT2D eigenvalue weighted by Crippen LogP contribution is 2.18. The molecule has 0 aliphatic carbocycles. The molecule has 0 aliphatic rings. The first-order chi connectivity index (χ1) is 11.1. The SMILES string of the molecule is COCCOc1ncccc1C(=O)NCc1cc(F)ccc1Br. The number of carbonyl (C=O) groups excluding carboxylic acids is 1. The Morgan fingerprint density at radius 3 is 2.96 bits per heavy atom. The lowest BCUT2D eigenvalue weighted by Gasteiger charge is -2.11. The zero-order chi connectivity index (χ0) is 16.7. The van der Waals surface area contributed by atoms with Gasteiger partial charge in [-0.3, -0.25) is 4.79 Å². The van der Waals surface area contributed by atoms with Gasteiger partial charge in [-0.1, -0.05) is 15.9 Å². The van der Waals surface area contributed by atoms with Crippen molar-refractivity contribution in [1.29, 1.82) is 0 Å². The number of nitrogens with one attached hydrogen (secondary N) is 1. The van der Waals surface area contributed by atoms with E-state index in [2.05, 4.69) is 26.2 Å². The maximum absolute atomic E-state index is 13.3. The van der Waals surface area contributed by atoms with E-state index >= 15 is 0 Å². The van der Waals surface area contributed by atoms with Gasteiger partial charge in [-0.2, -0.15) is 0 Å². The quantitative estimate of drug-likeness (QED) is 0.747. The van der Waals surface area contributed by atoms with E-state index < -0.39 is 0 Å². The largest absolute Gasteiger partial charge is 0.475 e. The van der Waals surface area contributed by atoms with Crippen LogP contribution in [0.2, 0.25) is 0 Å². The second-order valence-electron chi connectivity index (χ2n) is 4.62. The number of methoxy groups -OCH3 is 1. The predicted octanol–water partition coefficient (Wildman–Crippen LogP) is 2.94. The summed E-state index contributed by atoms with van der Waals surface area (Å²) in [6, 6.07) is 7.57. The van der Waals surface area contributed by atoms with Crippen molar-refractivity contribution in [2.45, 2.75) is 6.54 Å². The van der Waals surface area contributed by atoms with Crippen LogP contribution in [0.15, 0.2) is 41.0 Å². The van der Waals surface area contributed by atoms with Crippen molar-refractivity contribution < 1.29 is 18.7 Å². The van der Waals surface area contributed by atoms with E-state index in [9.17, 15) is 9.18 Å². The molecule has 1 aromatic carbocycles. The van der Waals surface area contributed by atoms with Crippen LogP contribution in [0.4, 0.5) is 4.39 Å². The summed E-state index contributed by atoms with van der Waals surface area (Å²) in [6.45, 7) is 0.876. The number of pyridine rings is 1. The van der Waals surface area contributed by atoms with E-state index in [0.717, 1.165) is 4.47 Å². The Morgan fingerprint density at radius 1 is 1.35 bits per heavy atom. The lowest BCUT2D eigenvalue weighted by molar-refractivity contribution is 0.0941. The number of hydrogen-bond donors (Lipinski definition) is 1. The first kappa shape index (κ1) is 17.4. The van der Waals surface area contributed by atoms with Crippen LogP contribution in [0, 0.1) is 5.82 Å². The van der Waals surface area contributed by atoms with Gasteiger partial charge in [-0.25, -0.2) is 9.37 Å². The molecule has 0 fully saturated rings. The van der Waals surface area contributed by atoms with Gasteiger partial charge < -0.3 is 14.8 Å². The Balaban J connectivity index is 2.04. The molecule has 122 valence electrons. The third-order valence-electron chi connectivity index (χ3n) is 2.99. The van der Waals surface area contributed by atoms with Gasteiger partial charge in [0.05, 0.1) is 6.61 Å². The first-order valence-electron chi connectivity index (χ1n) is 6.90. The number of halogens is 2. The number of hydrogen-bond acceptors (Lipinski definition) is 4. The Morgan fingerprint density at radius 2 is 2.17 bits per heavy atom. The molecule has 1 N–H and O–H groups in total. The number of ether oxygens (including phenoxy) is 2. The van der Waals surface area contributed by atoms with Gasteiger partial charge in [-0.05, 0) is 35.9 Å². The number of aromatic nitrogens is 1. The Kier molecular flexibility index (Phi) is 6.49. The van der Waals surface area contributed by atoms with Gasteiger partial charge in [0, 0.05) is 24.3 Å². The normalized spacial score (nSPS) is 10.4. The van der Waals surface area contributed by atoms with E-state index in [1.165, 1.54) is 12.1 Å². The van der Waals surface area contributed by atoms with Crippen molar-refractivity contribution in [2.24, 2.45) is 0 Å². The van der Waals surface area contributed by atoms with Crippen molar-refractivity contribution in [3.63, 3.8) is 0 Å². The summed E-state index contributed by atoms with van der Waals surface area (Å²) >= 11 is 3.32. The molecule has 0 atom stereocenters. The maximum Gasteiger partial charge on any atom is 0.257 e. The Labute approximate surface area is 142 Å². The molecule has 5 nitrogen and oxygen atoms in total. The summed E-state index contributed by atoms with van der Waals surface area (Å²) in [7, 11) is 1.56. The van der Waals surface area contributed by atoms with Crippen molar-refractivity contribution in [3.8, 4) is 5.88 Å². The Bertz CT molecular complexity index is 682. The summed E-state index contributed by atoms with van der Waals surface area (Å²) in [6.07, 6.45) is 1.54. The summed E-state index contributed by atoms with van der Waals surface area (Å²) in [4.78, 5) is 16.3. The van der Waals surface area contributed by atoms with Gasteiger partial charge in [-0.15, -0.1) is 0 Å². The first-order valence-corrected chi connectivity index (χ1v) is 7.70. The van der Waals surface area contributed by atoms with E-state index in [1.54, 1.807) is 31.5 Å². The van der Waals surface area contributed by atoms with Gasteiger partial charge in [0.15, 0.2) is 0 Å². The van der Waals surface area contributed by atoms with E-state index in [4.69, 9.17) is 9.47 Å². The minimum Gasteiger partial charge on any atom is -0.475 e. The summed E-state index contributed by atoms with van der Waals surface area (Å²) < 4.78 is 24.3. The highest BCUT2D eigenvalue weighted by molar-refractivity contribution is 9.10. The predicted molar refractivity (Wildman–Crippen MR) is 86.9 cm³/mol. The number of nitrogens with zero attached hydrogens (tertiary/aromatic N) is 1. The third kappa shape index (κ3) is 5.01. The molecule has 0 unspecified atom stereocenters. The molecule has 0 saturated heterocycles. The summed E-state index contributed by atoms with van der Waals surface area (Å²) in [5, 5.41) is 2.73. The number of amides is 1. The van der Waals surface area contributed by atoms with Gasteiger partial charge >= 0.3 is 0 Å². The fraction of sp³-hybridized carbons (Fsp3) is 0.250. The molecule has 23 heavy (non-hydrogen) atoms. The monoisotopic (exact) mass is 382 g/mol. The minimum atomic E-state index is -0.359. The molecule has 1 aromatic heterocycles. The molecule has 0 bridgehead atoms. The molecule has 1 amide bonds. The van der Waals surface area contributed by atoms with Crippen LogP contribution in [0.1, 0.15) is 15.9 Å². The third-order valence-corrected chi connectivity index (χ3v) is 3.76. The molecule has 0 spiro atoms. The zero-order valence-electron chi connectivity index (χ0n) is 12.5. The van der Waals surface area contributed by atoms with Crippen LogP contribution >= 0.6 is 15.9 Å². The fourth-order valence-electron chi connectivity index (χ4n) is 1.85. The smallest absolute Gasteiger partial charge is 0.257 e. The van der Waals surface area contributed by atoms with Crippen LogP contribution in [0.25, 0.3) is 0 Å². The second-order valence-corrected chi connectivity index (χ2v) is 5.47. The molecular weight excluding hydrogens is 367 g/mol. The zero-order valence-corrected chi connectivity index (χ0v) is 14.1.